The van der Waals surface area contributed by atoms with Crippen LogP contribution in [0.1, 0.15) is 21.9 Å². The van der Waals surface area contributed by atoms with E-state index in [0.29, 0.717) is 0 Å². The van der Waals surface area contributed by atoms with Gasteiger partial charge >= 0.3 is 0 Å². The van der Waals surface area contributed by atoms with Gasteiger partial charge in [-0.15, -0.1) is 11.3 Å². The van der Waals surface area contributed by atoms with E-state index in [1.165, 1.54) is 10.4 Å². The van der Waals surface area contributed by atoms with Crippen LogP contribution in [-0.2, 0) is 19.6 Å². The van der Waals surface area contributed by atoms with Gasteiger partial charge in [-0.3, -0.25) is 4.90 Å². The summed E-state index contributed by atoms with van der Waals surface area (Å²) in [4.78, 5) is 3.68. The Balaban J connectivity index is 1.79. The zero-order valence-corrected chi connectivity index (χ0v) is 14.2. The van der Waals surface area contributed by atoms with Gasteiger partial charge in [0.05, 0.1) is 12.8 Å². The molecule has 0 bridgehead atoms. The normalized spacial score (nSPS) is 11.1. The van der Waals surface area contributed by atoms with Crippen LogP contribution >= 0.6 is 11.3 Å². The summed E-state index contributed by atoms with van der Waals surface area (Å²) >= 11 is 1.77. The highest BCUT2D eigenvalue weighted by molar-refractivity contribution is 7.09. The van der Waals surface area contributed by atoms with E-state index in [2.05, 4.69) is 33.6 Å². The maximum atomic E-state index is 5.48. The Hall–Kier alpha value is -2.11. The number of ether oxygens (including phenoxy) is 1. The summed E-state index contributed by atoms with van der Waals surface area (Å²) in [6.07, 6.45) is 0. The van der Waals surface area contributed by atoms with Crippen molar-refractivity contribution in [3.63, 3.8) is 0 Å². The molecule has 4 nitrogen and oxygen atoms in total. The van der Waals surface area contributed by atoms with E-state index in [4.69, 9.17) is 9.26 Å². The van der Waals surface area contributed by atoms with E-state index in [1.807, 2.05) is 31.2 Å². The number of aryl methyl sites for hydroxylation is 1. The molecule has 23 heavy (non-hydrogen) atoms. The minimum atomic E-state index is 0.743. The van der Waals surface area contributed by atoms with Crippen molar-refractivity contribution in [2.45, 2.75) is 26.6 Å². The number of rotatable bonds is 7. The summed E-state index contributed by atoms with van der Waals surface area (Å²) in [5.41, 5.74) is 2.13. The number of thiophene rings is 1. The Morgan fingerprint density at radius 3 is 2.70 bits per heavy atom. The summed E-state index contributed by atoms with van der Waals surface area (Å²) in [5, 5.41) is 6.23. The van der Waals surface area contributed by atoms with Crippen molar-refractivity contribution in [2.75, 3.05) is 7.11 Å². The largest absolute Gasteiger partial charge is 0.496 e. The lowest BCUT2D eigenvalue weighted by atomic mass is 10.1. The van der Waals surface area contributed by atoms with E-state index < -0.39 is 0 Å². The van der Waals surface area contributed by atoms with Crippen LogP contribution < -0.4 is 4.74 Å². The Morgan fingerprint density at radius 1 is 1.13 bits per heavy atom. The summed E-state index contributed by atoms with van der Waals surface area (Å²) < 4.78 is 10.7. The van der Waals surface area contributed by atoms with Crippen molar-refractivity contribution >= 4 is 11.3 Å². The lowest BCUT2D eigenvalue weighted by Crippen LogP contribution is -2.22. The Bertz CT molecular complexity index is 737. The minimum Gasteiger partial charge on any atom is -0.496 e. The van der Waals surface area contributed by atoms with E-state index in [-0.39, 0.29) is 0 Å². The van der Waals surface area contributed by atoms with Crippen LogP contribution in [0.4, 0.5) is 0 Å². The highest BCUT2D eigenvalue weighted by Crippen LogP contribution is 2.22. The number of hydrogen-bond donors (Lipinski definition) is 0. The van der Waals surface area contributed by atoms with Crippen molar-refractivity contribution < 1.29 is 9.26 Å². The molecule has 0 N–H and O–H groups in total. The zero-order chi connectivity index (χ0) is 16.1. The molecule has 120 valence electrons. The Labute approximate surface area is 140 Å². The van der Waals surface area contributed by atoms with E-state index in [1.54, 1.807) is 18.4 Å². The van der Waals surface area contributed by atoms with Gasteiger partial charge in [0.15, 0.2) is 0 Å². The van der Waals surface area contributed by atoms with Crippen LogP contribution in [0.5, 0.6) is 5.75 Å². The van der Waals surface area contributed by atoms with E-state index >= 15 is 0 Å². The molecule has 3 aromatic rings. The van der Waals surface area contributed by atoms with Gasteiger partial charge in [-0.05, 0) is 24.4 Å². The molecule has 0 amide bonds. The van der Waals surface area contributed by atoms with Crippen molar-refractivity contribution in [1.82, 2.24) is 10.1 Å². The lowest BCUT2D eigenvalue weighted by molar-refractivity contribution is 0.237. The molecule has 0 unspecified atom stereocenters. The molecular formula is C18H20N2O2S. The Morgan fingerprint density at radius 2 is 2.00 bits per heavy atom. The van der Waals surface area contributed by atoms with Crippen LogP contribution in [0.2, 0.25) is 0 Å². The van der Waals surface area contributed by atoms with Crippen LogP contribution in [0.25, 0.3) is 0 Å². The number of hydrogen-bond acceptors (Lipinski definition) is 5. The fourth-order valence-corrected chi connectivity index (χ4v) is 3.33. The van der Waals surface area contributed by atoms with Crippen LogP contribution in [0, 0.1) is 6.92 Å². The predicted octanol–water partition coefficient (Wildman–Crippen LogP) is 4.26. The number of nitrogens with zero attached hydrogens (tertiary/aromatic N) is 2. The first-order valence-corrected chi connectivity index (χ1v) is 8.41. The van der Waals surface area contributed by atoms with Crippen LogP contribution in [0.3, 0.4) is 0 Å². The molecule has 1 aromatic carbocycles. The first-order valence-electron chi connectivity index (χ1n) is 7.53. The number of para-hydroxylation sites is 1. The third kappa shape index (κ3) is 4.21. The number of methoxy groups -OCH3 is 1. The van der Waals surface area contributed by atoms with Gasteiger partial charge in [-0.25, -0.2) is 0 Å². The molecule has 0 spiro atoms. The molecule has 2 aromatic heterocycles. The summed E-state index contributed by atoms with van der Waals surface area (Å²) in [6.45, 7) is 4.34. The molecule has 0 aliphatic heterocycles. The smallest absolute Gasteiger partial charge is 0.133 e. The third-order valence-corrected chi connectivity index (χ3v) is 4.47. The van der Waals surface area contributed by atoms with Gasteiger partial charge in [-0.1, -0.05) is 29.4 Å². The van der Waals surface area contributed by atoms with Crippen molar-refractivity contribution in [3.8, 4) is 5.75 Å². The number of aromatic nitrogens is 1. The first kappa shape index (κ1) is 15.8. The standard InChI is InChI=1S/C18H20N2O2S/c1-14-10-16(19-22-14)12-20(13-17-7-5-9-23-17)11-15-6-3-4-8-18(15)21-2/h3-10H,11-13H2,1-2H3. The molecular weight excluding hydrogens is 308 g/mol. The van der Waals surface area contributed by atoms with Crippen molar-refractivity contribution in [1.29, 1.82) is 0 Å². The molecule has 2 heterocycles. The predicted molar refractivity (Wildman–Crippen MR) is 91.5 cm³/mol. The average molecular weight is 328 g/mol. The lowest BCUT2D eigenvalue weighted by Gasteiger charge is -2.21. The molecule has 0 radical (unpaired) electrons. The van der Waals surface area contributed by atoms with Gasteiger partial charge in [0.2, 0.25) is 0 Å². The monoisotopic (exact) mass is 328 g/mol. The summed E-state index contributed by atoms with van der Waals surface area (Å²) in [7, 11) is 1.71. The molecule has 0 fully saturated rings. The molecule has 0 aliphatic rings. The SMILES string of the molecule is COc1ccccc1CN(Cc1cc(C)on1)Cc1cccs1. The minimum absolute atomic E-state index is 0.743. The second-order valence-corrected chi connectivity index (χ2v) is 6.50. The molecule has 0 atom stereocenters. The molecule has 3 rings (SSSR count). The van der Waals surface area contributed by atoms with Crippen LogP contribution in [-0.4, -0.2) is 17.2 Å². The van der Waals surface area contributed by atoms with Gasteiger partial charge in [0.1, 0.15) is 11.5 Å². The molecule has 0 saturated heterocycles. The summed E-state index contributed by atoms with van der Waals surface area (Å²) in [5.74, 6) is 1.76. The van der Waals surface area contributed by atoms with E-state index in [9.17, 15) is 0 Å². The summed E-state index contributed by atoms with van der Waals surface area (Å²) in [6, 6.07) is 14.4. The zero-order valence-electron chi connectivity index (χ0n) is 13.4. The van der Waals surface area contributed by atoms with Gasteiger partial charge in [0.25, 0.3) is 0 Å². The highest BCUT2D eigenvalue weighted by Gasteiger charge is 2.13. The van der Waals surface area contributed by atoms with E-state index in [0.717, 1.165) is 36.8 Å². The third-order valence-electron chi connectivity index (χ3n) is 3.61. The molecule has 0 aliphatic carbocycles. The van der Waals surface area contributed by atoms with Crippen molar-refractivity contribution in [3.05, 3.63) is 69.7 Å². The molecule has 0 saturated carbocycles. The van der Waals surface area contributed by atoms with Gasteiger partial charge < -0.3 is 9.26 Å². The fourth-order valence-electron chi connectivity index (χ4n) is 2.59. The average Bonchev–Trinajstić information content (AvgIpc) is 3.20. The topological polar surface area (TPSA) is 38.5 Å². The quantitative estimate of drug-likeness (QED) is 0.650. The van der Waals surface area contributed by atoms with Gasteiger partial charge in [-0.2, -0.15) is 0 Å². The number of benzene rings is 1. The molecule has 5 heteroatoms. The fraction of sp³-hybridized carbons (Fsp3) is 0.278. The first-order chi connectivity index (χ1) is 11.2. The highest BCUT2D eigenvalue weighted by atomic mass is 32.1. The van der Waals surface area contributed by atoms with Crippen molar-refractivity contribution in [2.24, 2.45) is 0 Å². The van der Waals surface area contributed by atoms with Gasteiger partial charge in [0, 0.05) is 36.1 Å². The maximum Gasteiger partial charge on any atom is 0.133 e. The maximum absolute atomic E-state index is 5.48. The second kappa shape index (κ2) is 7.44. The van der Waals surface area contributed by atoms with Crippen LogP contribution in [0.15, 0.2) is 52.4 Å². The second-order valence-electron chi connectivity index (χ2n) is 5.47. The Kier molecular flexibility index (Phi) is 5.10.